The largest absolute Gasteiger partial charge is 0.481 e. The number of hydrogen-bond donors (Lipinski definition) is 0. The van der Waals surface area contributed by atoms with Crippen LogP contribution in [0.3, 0.4) is 0 Å². The lowest BCUT2D eigenvalue weighted by atomic mass is 10.1. The van der Waals surface area contributed by atoms with Crippen LogP contribution < -0.4 is 4.90 Å². The standard InChI is InChI=1S/C15H22N2O/c1-6-10-17(4)15-9-7-8-14(11-15)12(2)16-13(3)18-5/h7-9,11H,3,6,10H2,1-2,4-5H3/b16-12+. The first-order valence-electron chi connectivity index (χ1n) is 6.18. The summed E-state index contributed by atoms with van der Waals surface area (Å²) in [6.07, 6.45) is 1.13. The van der Waals surface area contributed by atoms with E-state index in [9.17, 15) is 0 Å². The zero-order valence-electron chi connectivity index (χ0n) is 11.7. The van der Waals surface area contributed by atoms with E-state index in [1.54, 1.807) is 7.11 Å². The molecular weight excluding hydrogens is 224 g/mol. The zero-order valence-corrected chi connectivity index (χ0v) is 11.7. The highest BCUT2D eigenvalue weighted by Gasteiger charge is 2.03. The number of benzene rings is 1. The summed E-state index contributed by atoms with van der Waals surface area (Å²) >= 11 is 0. The Kier molecular flexibility index (Phi) is 5.43. The minimum Gasteiger partial charge on any atom is -0.481 e. The molecule has 0 saturated carbocycles. The van der Waals surface area contributed by atoms with Gasteiger partial charge in [0.15, 0.2) is 0 Å². The Labute approximate surface area is 110 Å². The summed E-state index contributed by atoms with van der Waals surface area (Å²) in [6.45, 7) is 8.89. The molecule has 0 aliphatic carbocycles. The number of ether oxygens (including phenoxy) is 1. The molecule has 98 valence electrons. The van der Waals surface area contributed by atoms with Crippen LogP contribution in [0.25, 0.3) is 0 Å². The lowest BCUT2D eigenvalue weighted by Crippen LogP contribution is -2.17. The molecule has 0 fully saturated rings. The Balaban J connectivity index is 2.94. The van der Waals surface area contributed by atoms with Crippen LogP contribution in [0.1, 0.15) is 25.8 Å². The number of nitrogens with zero attached hydrogens (tertiary/aromatic N) is 2. The van der Waals surface area contributed by atoms with Crippen LogP contribution in [0, 0.1) is 0 Å². The number of hydrogen-bond acceptors (Lipinski definition) is 3. The number of rotatable bonds is 6. The van der Waals surface area contributed by atoms with E-state index in [1.165, 1.54) is 5.69 Å². The van der Waals surface area contributed by atoms with Crippen LogP contribution in [-0.2, 0) is 4.74 Å². The molecule has 3 nitrogen and oxygen atoms in total. The fourth-order valence-electron chi connectivity index (χ4n) is 1.73. The smallest absolute Gasteiger partial charge is 0.205 e. The maximum atomic E-state index is 4.97. The van der Waals surface area contributed by atoms with Gasteiger partial charge >= 0.3 is 0 Å². The highest BCUT2D eigenvalue weighted by Crippen LogP contribution is 2.16. The maximum Gasteiger partial charge on any atom is 0.205 e. The van der Waals surface area contributed by atoms with E-state index in [4.69, 9.17) is 4.74 Å². The van der Waals surface area contributed by atoms with Crippen molar-refractivity contribution in [3.63, 3.8) is 0 Å². The molecule has 1 aromatic rings. The van der Waals surface area contributed by atoms with Gasteiger partial charge in [-0.15, -0.1) is 0 Å². The Bertz CT molecular complexity index is 438. The van der Waals surface area contributed by atoms with Crippen molar-refractivity contribution in [3.05, 3.63) is 42.3 Å². The average molecular weight is 246 g/mol. The molecule has 0 spiro atoms. The molecule has 0 bridgehead atoms. The van der Waals surface area contributed by atoms with Gasteiger partial charge in [0.1, 0.15) is 0 Å². The van der Waals surface area contributed by atoms with Crippen molar-refractivity contribution < 1.29 is 4.74 Å². The van der Waals surface area contributed by atoms with E-state index in [-0.39, 0.29) is 0 Å². The van der Waals surface area contributed by atoms with Gasteiger partial charge in [-0.05, 0) is 37.6 Å². The van der Waals surface area contributed by atoms with Crippen molar-refractivity contribution in [1.82, 2.24) is 0 Å². The molecule has 1 aromatic carbocycles. The predicted octanol–water partition coefficient (Wildman–Crippen LogP) is 3.46. The van der Waals surface area contributed by atoms with Crippen LogP contribution in [0.15, 0.2) is 41.7 Å². The van der Waals surface area contributed by atoms with Gasteiger partial charge in [-0.2, -0.15) is 0 Å². The molecule has 18 heavy (non-hydrogen) atoms. The van der Waals surface area contributed by atoms with Crippen LogP contribution in [-0.4, -0.2) is 26.4 Å². The van der Waals surface area contributed by atoms with E-state index in [0.717, 1.165) is 24.2 Å². The first kappa shape index (κ1) is 14.3. The molecule has 1 rings (SSSR count). The Morgan fingerprint density at radius 2 is 2.17 bits per heavy atom. The molecule has 0 heterocycles. The van der Waals surface area contributed by atoms with Gasteiger partial charge in [-0.1, -0.05) is 19.1 Å². The van der Waals surface area contributed by atoms with Gasteiger partial charge in [-0.25, -0.2) is 4.99 Å². The van der Waals surface area contributed by atoms with Crippen LogP contribution >= 0.6 is 0 Å². The summed E-state index contributed by atoms with van der Waals surface area (Å²) < 4.78 is 4.97. The van der Waals surface area contributed by atoms with Gasteiger partial charge in [0, 0.05) is 25.0 Å². The second-order valence-corrected chi connectivity index (χ2v) is 4.27. The van der Waals surface area contributed by atoms with Crippen molar-refractivity contribution in [3.8, 4) is 0 Å². The fraction of sp³-hybridized carbons (Fsp3) is 0.400. The van der Waals surface area contributed by atoms with E-state index in [1.807, 2.05) is 19.1 Å². The van der Waals surface area contributed by atoms with Gasteiger partial charge < -0.3 is 9.64 Å². The fourth-order valence-corrected chi connectivity index (χ4v) is 1.73. The van der Waals surface area contributed by atoms with Crippen LogP contribution in [0.4, 0.5) is 5.69 Å². The maximum absolute atomic E-state index is 4.97. The zero-order chi connectivity index (χ0) is 13.5. The third kappa shape index (κ3) is 3.91. The summed E-state index contributed by atoms with van der Waals surface area (Å²) in [4.78, 5) is 6.53. The number of aliphatic imine (C=N–C) groups is 1. The highest BCUT2D eigenvalue weighted by molar-refractivity contribution is 5.99. The molecule has 0 amide bonds. The summed E-state index contributed by atoms with van der Waals surface area (Å²) in [5.41, 5.74) is 3.20. The van der Waals surface area contributed by atoms with Crippen molar-refractivity contribution >= 4 is 11.4 Å². The first-order chi connectivity index (χ1) is 8.58. The van der Waals surface area contributed by atoms with Crippen molar-refractivity contribution in [2.24, 2.45) is 4.99 Å². The van der Waals surface area contributed by atoms with Gasteiger partial charge in [0.25, 0.3) is 0 Å². The topological polar surface area (TPSA) is 24.8 Å². The molecule has 0 N–H and O–H groups in total. The molecular formula is C15H22N2O. The summed E-state index contributed by atoms with van der Waals surface area (Å²) in [7, 11) is 3.67. The second-order valence-electron chi connectivity index (χ2n) is 4.27. The summed E-state index contributed by atoms with van der Waals surface area (Å²) in [5.74, 6) is 0.430. The molecule has 0 atom stereocenters. The predicted molar refractivity (Wildman–Crippen MR) is 78.4 cm³/mol. The molecule has 0 aliphatic rings. The van der Waals surface area contributed by atoms with Crippen molar-refractivity contribution in [1.29, 1.82) is 0 Å². The first-order valence-corrected chi connectivity index (χ1v) is 6.18. The van der Waals surface area contributed by atoms with Gasteiger partial charge in [0.05, 0.1) is 7.11 Å². The lowest BCUT2D eigenvalue weighted by Gasteiger charge is -2.19. The van der Waals surface area contributed by atoms with E-state index < -0.39 is 0 Å². The van der Waals surface area contributed by atoms with E-state index in [2.05, 4.69) is 42.6 Å². The molecule has 0 saturated heterocycles. The van der Waals surface area contributed by atoms with Crippen LogP contribution in [0.2, 0.25) is 0 Å². The molecule has 0 aromatic heterocycles. The lowest BCUT2D eigenvalue weighted by molar-refractivity contribution is 0.290. The van der Waals surface area contributed by atoms with E-state index in [0.29, 0.717) is 5.88 Å². The minimum absolute atomic E-state index is 0.430. The molecule has 0 radical (unpaired) electrons. The quantitative estimate of drug-likeness (QED) is 0.567. The SMILES string of the molecule is C=C(/N=C(\C)c1cccc(N(C)CCC)c1)OC. The van der Waals surface area contributed by atoms with Crippen LogP contribution in [0.5, 0.6) is 0 Å². The molecule has 0 unspecified atom stereocenters. The monoisotopic (exact) mass is 246 g/mol. The summed E-state index contributed by atoms with van der Waals surface area (Å²) in [6, 6.07) is 8.34. The van der Waals surface area contributed by atoms with E-state index >= 15 is 0 Å². The van der Waals surface area contributed by atoms with Gasteiger partial charge in [-0.3, -0.25) is 0 Å². The number of anilines is 1. The van der Waals surface area contributed by atoms with Crippen molar-refractivity contribution in [2.45, 2.75) is 20.3 Å². The third-order valence-corrected chi connectivity index (χ3v) is 2.79. The Morgan fingerprint density at radius 3 is 2.78 bits per heavy atom. The minimum atomic E-state index is 0.430. The van der Waals surface area contributed by atoms with Gasteiger partial charge in [0.2, 0.25) is 5.88 Å². The highest BCUT2D eigenvalue weighted by atomic mass is 16.5. The average Bonchev–Trinajstić information content (AvgIpc) is 2.39. The Hall–Kier alpha value is -1.77. The number of methoxy groups -OCH3 is 1. The Morgan fingerprint density at radius 1 is 1.44 bits per heavy atom. The van der Waals surface area contributed by atoms with Crippen molar-refractivity contribution in [2.75, 3.05) is 25.6 Å². The summed E-state index contributed by atoms with van der Waals surface area (Å²) in [5, 5.41) is 0. The third-order valence-electron chi connectivity index (χ3n) is 2.79. The molecule has 0 aliphatic heterocycles. The second kappa shape index (κ2) is 6.84. The molecule has 3 heteroatoms. The normalized spacial score (nSPS) is 11.2.